The van der Waals surface area contributed by atoms with Crippen LogP contribution in [0.3, 0.4) is 0 Å². The van der Waals surface area contributed by atoms with Crippen molar-refractivity contribution in [3.05, 3.63) is 24.3 Å². The Bertz CT molecular complexity index is 337. The Hall–Kier alpha value is -1.16. The molecule has 0 saturated heterocycles. The summed E-state index contributed by atoms with van der Waals surface area (Å²) in [5.74, 6) is -0.0848. The number of benzene rings is 1. The Kier molecular flexibility index (Phi) is 5.19. The van der Waals surface area contributed by atoms with Crippen LogP contribution in [0.15, 0.2) is 29.2 Å². The maximum Gasteiger partial charge on any atom is 0.308 e. The molecule has 4 heteroatoms. The van der Waals surface area contributed by atoms with Crippen molar-refractivity contribution in [2.24, 2.45) is 5.92 Å². The highest BCUT2D eigenvalue weighted by molar-refractivity contribution is 7.99. The lowest BCUT2D eigenvalue weighted by Crippen LogP contribution is -2.19. The molecule has 0 saturated carbocycles. The van der Waals surface area contributed by atoms with Crippen LogP contribution in [-0.2, 0) is 4.79 Å². The van der Waals surface area contributed by atoms with Gasteiger partial charge in [0.25, 0.3) is 0 Å². The molecule has 0 aliphatic heterocycles. The van der Waals surface area contributed by atoms with Gasteiger partial charge in [0.15, 0.2) is 0 Å². The summed E-state index contributed by atoms with van der Waals surface area (Å²) in [4.78, 5) is 11.9. The standard InChI is InChI=1S/C12H17NO2S/c1-3-16-11-6-4-10(5-7-11)13-8-9(2)12(14)15/h4-7,9,13H,3,8H2,1-2H3,(H,14,15). The zero-order chi connectivity index (χ0) is 12.0. The Morgan fingerprint density at radius 1 is 1.44 bits per heavy atom. The minimum Gasteiger partial charge on any atom is -0.481 e. The topological polar surface area (TPSA) is 49.3 Å². The van der Waals surface area contributed by atoms with Crippen LogP contribution in [-0.4, -0.2) is 23.4 Å². The van der Waals surface area contributed by atoms with E-state index in [0.717, 1.165) is 11.4 Å². The number of carboxylic acids is 1. The maximum absolute atomic E-state index is 10.6. The van der Waals surface area contributed by atoms with Gasteiger partial charge in [-0.1, -0.05) is 13.8 Å². The fourth-order valence-electron chi connectivity index (χ4n) is 1.19. The third kappa shape index (κ3) is 4.14. The number of nitrogens with one attached hydrogen (secondary N) is 1. The first-order chi connectivity index (χ1) is 7.63. The van der Waals surface area contributed by atoms with Gasteiger partial charge in [-0.05, 0) is 30.0 Å². The van der Waals surface area contributed by atoms with E-state index in [1.165, 1.54) is 4.90 Å². The average Bonchev–Trinajstić information content (AvgIpc) is 2.28. The van der Waals surface area contributed by atoms with Gasteiger partial charge >= 0.3 is 5.97 Å². The van der Waals surface area contributed by atoms with E-state index in [1.807, 2.05) is 24.3 Å². The second kappa shape index (κ2) is 6.43. The van der Waals surface area contributed by atoms with Crippen LogP contribution in [0.4, 0.5) is 5.69 Å². The highest BCUT2D eigenvalue weighted by Gasteiger charge is 2.09. The number of carboxylic acid groups (broad SMARTS) is 1. The molecule has 0 bridgehead atoms. The number of rotatable bonds is 6. The van der Waals surface area contributed by atoms with Crippen LogP contribution in [0.2, 0.25) is 0 Å². The molecule has 1 aromatic rings. The first-order valence-corrected chi connectivity index (χ1v) is 6.31. The number of carbonyl (C=O) groups is 1. The molecular formula is C12H17NO2S. The molecule has 1 aromatic carbocycles. The van der Waals surface area contributed by atoms with Gasteiger partial charge in [0.05, 0.1) is 5.92 Å². The van der Waals surface area contributed by atoms with E-state index in [4.69, 9.17) is 5.11 Å². The molecule has 0 aliphatic carbocycles. The van der Waals surface area contributed by atoms with E-state index in [0.29, 0.717) is 6.54 Å². The van der Waals surface area contributed by atoms with Crippen molar-refractivity contribution < 1.29 is 9.90 Å². The third-order valence-electron chi connectivity index (χ3n) is 2.20. The predicted molar refractivity (Wildman–Crippen MR) is 68.1 cm³/mol. The molecule has 1 unspecified atom stereocenters. The van der Waals surface area contributed by atoms with Gasteiger partial charge in [0.2, 0.25) is 0 Å². The van der Waals surface area contributed by atoms with E-state index in [2.05, 4.69) is 12.2 Å². The predicted octanol–water partition coefficient (Wildman–Crippen LogP) is 2.93. The van der Waals surface area contributed by atoms with Gasteiger partial charge in [0.1, 0.15) is 0 Å². The molecule has 0 spiro atoms. The number of aliphatic carboxylic acids is 1. The number of thioether (sulfide) groups is 1. The summed E-state index contributed by atoms with van der Waals surface area (Å²) < 4.78 is 0. The molecule has 0 heterocycles. The van der Waals surface area contributed by atoms with Gasteiger partial charge in [-0.15, -0.1) is 11.8 Å². The van der Waals surface area contributed by atoms with Gasteiger partial charge in [-0.25, -0.2) is 0 Å². The summed E-state index contributed by atoms with van der Waals surface area (Å²) in [5, 5.41) is 11.8. The van der Waals surface area contributed by atoms with Crippen molar-refractivity contribution in [1.82, 2.24) is 0 Å². The molecule has 0 aromatic heterocycles. The first-order valence-electron chi connectivity index (χ1n) is 5.33. The second-order valence-electron chi connectivity index (χ2n) is 3.58. The highest BCUT2D eigenvalue weighted by Crippen LogP contribution is 2.19. The lowest BCUT2D eigenvalue weighted by Gasteiger charge is -2.09. The van der Waals surface area contributed by atoms with Crippen molar-refractivity contribution in [1.29, 1.82) is 0 Å². The van der Waals surface area contributed by atoms with Crippen LogP contribution < -0.4 is 5.32 Å². The third-order valence-corrected chi connectivity index (χ3v) is 3.09. The Morgan fingerprint density at radius 2 is 2.06 bits per heavy atom. The van der Waals surface area contributed by atoms with Crippen LogP contribution in [0, 0.1) is 5.92 Å². The summed E-state index contributed by atoms with van der Waals surface area (Å²) in [6, 6.07) is 8.04. The SMILES string of the molecule is CCSc1ccc(NCC(C)C(=O)O)cc1. The summed E-state index contributed by atoms with van der Waals surface area (Å²) in [7, 11) is 0. The van der Waals surface area contributed by atoms with Crippen LogP contribution in [0.1, 0.15) is 13.8 Å². The maximum atomic E-state index is 10.6. The lowest BCUT2D eigenvalue weighted by atomic mass is 10.2. The Morgan fingerprint density at radius 3 is 2.56 bits per heavy atom. The smallest absolute Gasteiger partial charge is 0.308 e. The largest absolute Gasteiger partial charge is 0.481 e. The molecule has 0 amide bonds. The minimum atomic E-state index is -0.773. The number of anilines is 1. The molecule has 0 aliphatic rings. The van der Waals surface area contributed by atoms with E-state index < -0.39 is 5.97 Å². The van der Waals surface area contributed by atoms with Gasteiger partial charge in [0, 0.05) is 17.1 Å². The fraction of sp³-hybridized carbons (Fsp3) is 0.417. The van der Waals surface area contributed by atoms with Gasteiger partial charge in [-0.2, -0.15) is 0 Å². The summed E-state index contributed by atoms with van der Waals surface area (Å²) in [6.07, 6.45) is 0. The summed E-state index contributed by atoms with van der Waals surface area (Å²) in [5.41, 5.74) is 0.966. The van der Waals surface area contributed by atoms with Crippen molar-refractivity contribution in [3.8, 4) is 0 Å². The molecule has 16 heavy (non-hydrogen) atoms. The first kappa shape index (κ1) is 12.9. The molecule has 88 valence electrons. The van der Waals surface area contributed by atoms with Crippen LogP contribution in [0.5, 0.6) is 0 Å². The molecular weight excluding hydrogens is 222 g/mol. The summed E-state index contributed by atoms with van der Waals surface area (Å²) >= 11 is 1.79. The number of hydrogen-bond acceptors (Lipinski definition) is 3. The van der Waals surface area contributed by atoms with E-state index in [9.17, 15) is 4.79 Å². The molecule has 1 rings (SSSR count). The normalized spacial score (nSPS) is 12.1. The zero-order valence-corrected chi connectivity index (χ0v) is 10.4. The van der Waals surface area contributed by atoms with Gasteiger partial charge in [-0.3, -0.25) is 4.79 Å². The van der Waals surface area contributed by atoms with Crippen molar-refractivity contribution >= 4 is 23.4 Å². The minimum absolute atomic E-state index is 0.371. The Labute approximate surface area is 100 Å². The zero-order valence-electron chi connectivity index (χ0n) is 9.56. The van der Waals surface area contributed by atoms with E-state index >= 15 is 0 Å². The Balaban J connectivity index is 2.46. The molecule has 3 nitrogen and oxygen atoms in total. The molecule has 2 N–H and O–H groups in total. The molecule has 0 radical (unpaired) electrons. The quantitative estimate of drug-likeness (QED) is 0.749. The highest BCUT2D eigenvalue weighted by atomic mass is 32.2. The second-order valence-corrected chi connectivity index (χ2v) is 4.92. The summed E-state index contributed by atoms with van der Waals surface area (Å²) in [6.45, 7) is 4.26. The van der Waals surface area contributed by atoms with Crippen LogP contribution >= 0.6 is 11.8 Å². The van der Waals surface area contributed by atoms with Crippen molar-refractivity contribution in [2.45, 2.75) is 18.7 Å². The average molecular weight is 239 g/mol. The van der Waals surface area contributed by atoms with E-state index in [-0.39, 0.29) is 5.92 Å². The molecule has 1 atom stereocenters. The van der Waals surface area contributed by atoms with Gasteiger partial charge < -0.3 is 10.4 Å². The van der Waals surface area contributed by atoms with Crippen molar-refractivity contribution in [3.63, 3.8) is 0 Å². The lowest BCUT2D eigenvalue weighted by molar-refractivity contribution is -0.140. The van der Waals surface area contributed by atoms with Crippen LogP contribution in [0.25, 0.3) is 0 Å². The fourth-order valence-corrected chi connectivity index (χ4v) is 1.86. The van der Waals surface area contributed by atoms with E-state index in [1.54, 1.807) is 18.7 Å². The van der Waals surface area contributed by atoms with Crippen molar-refractivity contribution in [2.75, 3.05) is 17.6 Å². The monoisotopic (exact) mass is 239 g/mol. The number of hydrogen-bond donors (Lipinski definition) is 2. The molecule has 0 fully saturated rings.